The molecule has 0 aliphatic rings. The summed E-state index contributed by atoms with van der Waals surface area (Å²) in [5.74, 6) is -0.0732. The average molecular weight is 531 g/mol. The molecule has 1 unspecified atom stereocenters. The van der Waals surface area contributed by atoms with Crippen molar-refractivity contribution in [1.82, 2.24) is 9.71 Å². The van der Waals surface area contributed by atoms with Gasteiger partial charge in [0.15, 0.2) is 0 Å². The van der Waals surface area contributed by atoms with E-state index in [2.05, 4.69) is 11.6 Å². The van der Waals surface area contributed by atoms with Gasteiger partial charge in [-0.3, -0.25) is 4.79 Å². The number of carbonyl (C=O) groups excluding carboxylic acids is 1. The van der Waals surface area contributed by atoms with Gasteiger partial charge in [-0.2, -0.15) is 0 Å². The predicted molar refractivity (Wildman–Crippen MR) is 133 cm³/mol. The maximum Gasteiger partial charge on any atom is 0.259 e. The molecule has 1 heterocycles. The molecule has 1 atom stereocenters. The molecule has 2 aromatic rings. The van der Waals surface area contributed by atoms with E-state index in [1.165, 1.54) is 19.2 Å². The van der Waals surface area contributed by atoms with Crippen molar-refractivity contribution in [1.29, 1.82) is 0 Å². The molecule has 1 N–H and O–H groups in total. The first kappa shape index (κ1) is 27.9. The van der Waals surface area contributed by atoms with Crippen LogP contribution < -0.4 is 14.2 Å². The highest BCUT2D eigenvalue weighted by Crippen LogP contribution is 2.38. The van der Waals surface area contributed by atoms with Gasteiger partial charge in [0.05, 0.1) is 17.4 Å². The van der Waals surface area contributed by atoms with Crippen LogP contribution in [0.15, 0.2) is 42.6 Å². The lowest BCUT2D eigenvalue weighted by molar-refractivity contribution is -0.115. The van der Waals surface area contributed by atoms with Crippen molar-refractivity contribution in [2.24, 2.45) is 0 Å². The molecule has 0 spiro atoms. The molecule has 0 aliphatic carbocycles. The monoisotopic (exact) mass is 530 g/mol. The van der Waals surface area contributed by atoms with Gasteiger partial charge < -0.3 is 14.2 Å². The number of halogens is 2. The van der Waals surface area contributed by atoms with Crippen molar-refractivity contribution < 1.29 is 27.4 Å². The summed E-state index contributed by atoms with van der Waals surface area (Å²) in [5, 5.41) is 0.588. The molecule has 0 bridgehead atoms. The topological polar surface area (TPSA) is 104 Å². The molecule has 186 valence electrons. The number of sulfonamides is 1. The smallest absolute Gasteiger partial charge is 0.259 e. The molecule has 0 radical (unpaired) electrons. The van der Waals surface area contributed by atoms with Crippen molar-refractivity contribution in [3.63, 3.8) is 0 Å². The van der Waals surface area contributed by atoms with Crippen molar-refractivity contribution in [3.05, 3.63) is 58.2 Å². The summed E-state index contributed by atoms with van der Waals surface area (Å²) in [4.78, 5) is 15.9. The van der Waals surface area contributed by atoms with Gasteiger partial charge in [0.1, 0.15) is 23.1 Å². The van der Waals surface area contributed by atoms with E-state index in [9.17, 15) is 13.2 Å². The number of hydrogen-bond acceptors (Lipinski definition) is 7. The van der Waals surface area contributed by atoms with Gasteiger partial charge in [-0.15, -0.1) is 0 Å². The van der Waals surface area contributed by atoms with E-state index < -0.39 is 15.9 Å². The predicted octanol–water partition coefficient (Wildman–Crippen LogP) is 5.11. The standard InChI is InChI=1S/C23H28Cl2N2O6S/c1-5-16(8-11-34(29,30)27-22(28)15(2)3)19-7-6-18(32-10-9-31-4)13-21(19)33-23-20(25)12-17(24)14-26-23/h6-7,12-14,16H,2,5,8-11H2,1,3-4H3,(H,27,28). The molecule has 8 nitrogen and oxygen atoms in total. The van der Waals surface area contributed by atoms with E-state index in [1.54, 1.807) is 19.2 Å². The number of benzene rings is 1. The highest BCUT2D eigenvalue weighted by atomic mass is 35.5. The summed E-state index contributed by atoms with van der Waals surface area (Å²) in [6.07, 6.45) is 2.28. The Hall–Kier alpha value is -2.33. The zero-order valence-electron chi connectivity index (χ0n) is 19.3. The third-order valence-electron chi connectivity index (χ3n) is 4.83. The molecule has 0 saturated carbocycles. The van der Waals surface area contributed by atoms with Crippen molar-refractivity contribution in [2.45, 2.75) is 32.6 Å². The van der Waals surface area contributed by atoms with Gasteiger partial charge in [0.2, 0.25) is 15.9 Å². The Balaban J connectivity index is 2.32. The second kappa shape index (κ2) is 12.9. The Morgan fingerprint density at radius 2 is 1.97 bits per heavy atom. The second-order valence-electron chi connectivity index (χ2n) is 7.51. The van der Waals surface area contributed by atoms with Gasteiger partial charge in [-0.05, 0) is 43.4 Å². The molecule has 1 amide bonds. The van der Waals surface area contributed by atoms with Gasteiger partial charge in [-0.1, -0.05) is 42.8 Å². The number of amides is 1. The maximum atomic E-state index is 12.4. The molecular formula is C23H28Cl2N2O6S. The lowest BCUT2D eigenvalue weighted by atomic mass is 9.93. The van der Waals surface area contributed by atoms with E-state index in [-0.39, 0.29) is 34.6 Å². The van der Waals surface area contributed by atoms with E-state index in [1.807, 2.05) is 17.7 Å². The van der Waals surface area contributed by atoms with E-state index in [0.717, 1.165) is 5.56 Å². The minimum absolute atomic E-state index is 0.114. The van der Waals surface area contributed by atoms with Crippen LogP contribution in [0.1, 0.15) is 38.2 Å². The zero-order chi connectivity index (χ0) is 25.3. The van der Waals surface area contributed by atoms with Gasteiger partial charge in [0.25, 0.3) is 5.91 Å². The molecule has 34 heavy (non-hydrogen) atoms. The zero-order valence-corrected chi connectivity index (χ0v) is 21.6. The summed E-state index contributed by atoms with van der Waals surface area (Å²) in [5.41, 5.74) is 0.860. The molecule has 1 aromatic heterocycles. The maximum absolute atomic E-state index is 12.4. The van der Waals surface area contributed by atoms with Crippen LogP contribution >= 0.6 is 23.2 Å². The molecule has 1 aromatic carbocycles. The third-order valence-corrected chi connectivity index (χ3v) is 6.57. The SMILES string of the molecule is C=C(C)C(=O)NS(=O)(=O)CCC(CC)c1ccc(OCCOC)cc1Oc1ncc(Cl)cc1Cl. The van der Waals surface area contributed by atoms with Crippen LogP contribution in [-0.2, 0) is 19.6 Å². The number of methoxy groups -OCH3 is 1. The Labute approximate surface area is 210 Å². The van der Waals surface area contributed by atoms with Crippen LogP contribution in [0.2, 0.25) is 10.0 Å². The van der Waals surface area contributed by atoms with Gasteiger partial charge in [-0.25, -0.2) is 18.1 Å². The lowest BCUT2D eigenvalue weighted by Crippen LogP contribution is -2.33. The van der Waals surface area contributed by atoms with Crippen molar-refractivity contribution in [3.8, 4) is 17.4 Å². The number of ether oxygens (including phenoxy) is 3. The fourth-order valence-electron chi connectivity index (χ4n) is 3.01. The first-order valence-corrected chi connectivity index (χ1v) is 12.9. The summed E-state index contributed by atoms with van der Waals surface area (Å²) >= 11 is 12.2. The third kappa shape index (κ3) is 8.47. The number of aromatic nitrogens is 1. The van der Waals surface area contributed by atoms with E-state index >= 15 is 0 Å². The lowest BCUT2D eigenvalue weighted by Gasteiger charge is -2.20. The van der Waals surface area contributed by atoms with E-state index in [0.29, 0.717) is 36.2 Å². The number of nitrogens with zero attached hydrogens (tertiary/aromatic N) is 1. The fraction of sp³-hybridized carbons (Fsp3) is 0.391. The molecule has 0 fully saturated rings. The first-order valence-electron chi connectivity index (χ1n) is 10.5. The Morgan fingerprint density at radius 3 is 2.59 bits per heavy atom. The Kier molecular flexibility index (Phi) is 10.6. The van der Waals surface area contributed by atoms with Crippen LogP contribution in [0, 0.1) is 0 Å². The molecule has 2 rings (SSSR count). The average Bonchev–Trinajstić information content (AvgIpc) is 2.77. The Morgan fingerprint density at radius 1 is 1.24 bits per heavy atom. The summed E-state index contributed by atoms with van der Waals surface area (Å²) in [6.45, 7) is 7.58. The van der Waals surface area contributed by atoms with Crippen LogP contribution in [0.3, 0.4) is 0 Å². The van der Waals surface area contributed by atoms with Crippen LogP contribution in [0.5, 0.6) is 17.4 Å². The number of hydrogen-bond donors (Lipinski definition) is 1. The number of carbonyl (C=O) groups is 1. The van der Waals surface area contributed by atoms with Crippen molar-refractivity contribution in [2.75, 3.05) is 26.1 Å². The molecule has 0 saturated heterocycles. The summed E-state index contributed by atoms with van der Waals surface area (Å²) in [7, 11) is -2.26. The van der Waals surface area contributed by atoms with Gasteiger partial charge >= 0.3 is 0 Å². The highest BCUT2D eigenvalue weighted by molar-refractivity contribution is 7.90. The van der Waals surface area contributed by atoms with Gasteiger partial charge in [0, 0.05) is 24.9 Å². The van der Waals surface area contributed by atoms with Crippen LogP contribution in [0.4, 0.5) is 0 Å². The largest absolute Gasteiger partial charge is 0.491 e. The highest BCUT2D eigenvalue weighted by Gasteiger charge is 2.22. The summed E-state index contributed by atoms with van der Waals surface area (Å²) < 4.78 is 43.5. The number of pyridine rings is 1. The summed E-state index contributed by atoms with van der Waals surface area (Å²) in [6, 6.07) is 6.79. The quantitative estimate of drug-likeness (QED) is 0.283. The van der Waals surface area contributed by atoms with E-state index in [4.69, 9.17) is 37.4 Å². The normalized spacial score (nSPS) is 12.1. The molecular weight excluding hydrogens is 503 g/mol. The number of nitrogens with one attached hydrogen (secondary N) is 1. The first-order chi connectivity index (χ1) is 16.1. The Bertz CT molecular complexity index is 1120. The van der Waals surface area contributed by atoms with Crippen LogP contribution in [-0.4, -0.2) is 45.4 Å². The molecule has 11 heteroatoms. The van der Waals surface area contributed by atoms with Crippen molar-refractivity contribution >= 4 is 39.1 Å². The van der Waals surface area contributed by atoms with Crippen LogP contribution in [0.25, 0.3) is 0 Å². The fourth-order valence-corrected chi connectivity index (χ4v) is 4.58. The number of rotatable bonds is 13. The minimum Gasteiger partial charge on any atom is -0.491 e. The minimum atomic E-state index is -3.83. The molecule has 0 aliphatic heterocycles. The second-order valence-corrected chi connectivity index (χ2v) is 10.2.